The van der Waals surface area contributed by atoms with E-state index in [-0.39, 0.29) is 25.3 Å². The van der Waals surface area contributed by atoms with Gasteiger partial charge in [0.15, 0.2) is 11.9 Å². The number of quaternary nitrogens is 1. The van der Waals surface area contributed by atoms with Crippen LogP contribution < -0.4 is 0 Å². The lowest BCUT2D eigenvalue weighted by Gasteiger charge is -2.61. The van der Waals surface area contributed by atoms with E-state index in [0.29, 0.717) is 27.6 Å². The number of aliphatic hydroxyl groups is 3. The molecule has 0 aliphatic heterocycles. The lowest BCUT2D eigenvalue weighted by molar-refractivity contribution is -0.901. The number of fused-ring (bicyclic) bond motifs is 3. The number of hydrogen-bond acceptors (Lipinski definition) is 8. The van der Waals surface area contributed by atoms with Gasteiger partial charge < -0.3 is 29.3 Å². The minimum atomic E-state index is -1.97. The zero-order valence-electron chi connectivity index (χ0n) is 26.7. The van der Waals surface area contributed by atoms with Crippen molar-refractivity contribution < 1.29 is 43.7 Å². The van der Waals surface area contributed by atoms with E-state index in [0.717, 1.165) is 5.56 Å². The number of ether oxygens (including phenoxy) is 2. The largest absolute Gasteiger partial charge is 0.458 e. The van der Waals surface area contributed by atoms with Crippen molar-refractivity contribution in [1.29, 1.82) is 0 Å². The molecule has 2 fully saturated rings. The molecule has 1 aromatic carbocycles. The normalized spacial score (nSPS) is 34.9. The van der Waals surface area contributed by atoms with Crippen molar-refractivity contribution in [3.05, 3.63) is 59.2 Å². The second-order valence-corrected chi connectivity index (χ2v) is 14.4. The number of allylic oxidation sites excluding steroid dienone is 1. The monoisotopic (exact) mass is 598 g/mol. The van der Waals surface area contributed by atoms with Crippen molar-refractivity contribution in [2.45, 2.75) is 96.4 Å². The molecule has 236 valence electrons. The number of benzene rings is 1. The molecule has 9 heteroatoms. The number of carbonyl (C=O) groups excluding carboxylic acids is 3. The number of aliphatic hydroxyl groups excluding tert-OH is 2. The molecule has 43 heavy (non-hydrogen) atoms. The lowest BCUT2D eigenvalue weighted by Crippen LogP contribution is -2.69. The molecule has 0 amide bonds. The number of hydrogen-bond donors (Lipinski definition) is 3. The van der Waals surface area contributed by atoms with Gasteiger partial charge in [-0.2, -0.15) is 0 Å². The molecule has 1 aromatic rings. The van der Waals surface area contributed by atoms with Gasteiger partial charge in [-0.15, -0.1) is 0 Å². The maximum atomic E-state index is 13.4. The molecule has 9 nitrogen and oxygen atoms in total. The predicted molar refractivity (Wildman–Crippen MR) is 160 cm³/mol. The van der Waals surface area contributed by atoms with E-state index in [2.05, 4.69) is 6.58 Å². The first-order valence-electron chi connectivity index (χ1n) is 15.0. The van der Waals surface area contributed by atoms with Crippen molar-refractivity contribution in [3.63, 3.8) is 0 Å². The summed E-state index contributed by atoms with van der Waals surface area (Å²) in [5.41, 5.74) is -2.40. The van der Waals surface area contributed by atoms with Crippen molar-refractivity contribution in [1.82, 2.24) is 0 Å². The van der Waals surface area contributed by atoms with Gasteiger partial charge in [0.2, 0.25) is 0 Å². The van der Waals surface area contributed by atoms with E-state index < -0.39 is 64.5 Å². The van der Waals surface area contributed by atoms with Crippen LogP contribution in [0.2, 0.25) is 0 Å². The zero-order chi connectivity index (χ0) is 32.3. The number of Topliss-reactive ketones (excluding diaryl/α,β-unsaturated/α-hetero) is 1. The summed E-state index contributed by atoms with van der Waals surface area (Å²) in [7, 11) is 6.04. The topological polar surface area (TPSA) is 130 Å². The van der Waals surface area contributed by atoms with E-state index in [4.69, 9.17) is 9.47 Å². The Hall–Kier alpha value is -2.85. The molecule has 1 unspecified atom stereocenters. The number of carbonyl (C=O) groups is 3. The van der Waals surface area contributed by atoms with Gasteiger partial charge in [0, 0.05) is 35.7 Å². The third-order valence-corrected chi connectivity index (χ3v) is 10.6. The van der Waals surface area contributed by atoms with Crippen molar-refractivity contribution in [2.75, 3.05) is 21.1 Å². The Morgan fingerprint density at radius 2 is 1.67 bits per heavy atom. The molecule has 3 aliphatic rings. The molecular weight excluding hydrogens is 550 g/mol. The van der Waals surface area contributed by atoms with Crippen molar-refractivity contribution in [3.8, 4) is 0 Å². The minimum Gasteiger partial charge on any atom is -0.458 e. The second-order valence-electron chi connectivity index (χ2n) is 14.4. The number of rotatable bonds is 6. The van der Waals surface area contributed by atoms with Crippen LogP contribution >= 0.6 is 0 Å². The third kappa shape index (κ3) is 5.50. The molecule has 4 rings (SSSR count). The van der Waals surface area contributed by atoms with Crippen LogP contribution in [0.4, 0.5) is 0 Å². The quantitative estimate of drug-likeness (QED) is 0.258. The highest BCUT2D eigenvalue weighted by Crippen LogP contribution is 2.60. The molecule has 0 spiro atoms. The molecule has 0 aromatic heterocycles. The van der Waals surface area contributed by atoms with Gasteiger partial charge in [-0.1, -0.05) is 57.7 Å². The summed E-state index contributed by atoms with van der Waals surface area (Å²) in [5, 5.41) is 36.3. The zero-order valence-corrected chi connectivity index (χ0v) is 26.7. The summed E-state index contributed by atoms with van der Waals surface area (Å²) in [6, 6.07) is 9.59. The van der Waals surface area contributed by atoms with Crippen LogP contribution in [0.3, 0.4) is 0 Å². The van der Waals surface area contributed by atoms with E-state index in [9.17, 15) is 29.7 Å². The van der Waals surface area contributed by atoms with Crippen LogP contribution in [0, 0.1) is 16.7 Å². The Balaban J connectivity index is 1.72. The smallest absolute Gasteiger partial charge is 0.312 e. The van der Waals surface area contributed by atoms with Crippen LogP contribution in [0.25, 0.3) is 0 Å². The fourth-order valence-electron chi connectivity index (χ4n) is 7.89. The lowest BCUT2D eigenvalue weighted by atomic mass is 9.48. The molecule has 3 aliphatic carbocycles. The Morgan fingerprint density at radius 3 is 2.23 bits per heavy atom. The van der Waals surface area contributed by atoms with E-state index in [1.54, 1.807) is 27.7 Å². The van der Waals surface area contributed by atoms with Gasteiger partial charge in [-0.05, 0) is 36.5 Å². The highest BCUT2D eigenvalue weighted by Gasteiger charge is 2.67. The Labute approximate surface area is 254 Å². The van der Waals surface area contributed by atoms with Crippen molar-refractivity contribution >= 4 is 17.7 Å². The second kappa shape index (κ2) is 11.3. The molecule has 8 atom stereocenters. The highest BCUT2D eigenvalue weighted by molar-refractivity contribution is 5.98. The van der Waals surface area contributed by atoms with Gasteiger partial charge >= 0.3 is 11.9 Å². The summed E-state index contributed by atoms with van der Waals surface area (Å²) < 4.78 is 12.2. The van der Waals surface area contributed by atoms with E-state index >= 15 is 0 Å². The maximum Gasteiger partial charge on any atom is 0.312 e. The first-order valence-corrected chi connectivity index (χ1v) is 15.0. The summed E-state index contributed by atoms with van der Waals surface area (Å²) in [6.45, 7) is 12.2. The van der Waals surface area contributed by atoms with Gasteiger partial charge in [0.05, 0.1) is 27.2 Å². The van der Waals surface area contributed by atoms with Gasteiger partial charge in [0.1, 0.15) is 30.3 Å². The minimum absolute atomic E-state index is 0.109. The summed E-state index contributed by atoms with van der Waals surface area (Å²) in [5.74, 6) is -2.45. The Kier molecular flexibility index (Phi) is 8.65. The summed E-state index contributed by atoms with van der Waals surface area (Å²) in [4.78, 5) is 39.0. The molecule has 0 heterocycles. The number of ketones is 1. The molecule has 0 saturated heterocycles. The summed E-state index contributed by atoms with van der Waals surface area (Å²) >= 11 is 0. The highest BCUT2D eigenvalue weighted by atomic mass is 16.6. The number of esters is 2. The fraction of sp³-hybridized carbons (Fsp3) is 0.618. The Morgan fingerprint density at radius 1 is 1.07 bits per heavy atom. The van der Waals surface area contributed by atoms with Crippen LogP contribution in [0.1, 0.15) is 71.9 Å². The molecule has 3 N–H and O–H groups in total. The molecule has 2 bridgehead atoms. The predicted octanol–water partition coefficient (Wildman–Crippen LogP) is 3.42. The van der Waals surface area contributed by atoms with Crippen LogP contribution in [0.5, 0.6) is 0 Å². The SMILES string of the molecule is C=C1[C@@H](OC(=O)CC(c2ccccc2)[N+](C)(C)C)CC[C@@]2(C)[C@@H](O)[C@H](OC(C)=O)C3=C(C)C(=O)C[C@@](O)([C@@H](O)[C@H]12)C3(C)C. The average Bonchev–Trinajstić information content (AvgIpc) is 2.90. The van der Waals surface area contributed by atoms with Crippen LogP contribution in [-0.4, -0.2) is 88.7 Å². The molecular formula is C34H48NO8+. The molecule has 2 saturated carbocycles. The number of nitrogens with zero attached hydrogens (tertiary/aromatic N) is 1. The standard InChI is InChI=1S/C34H48NO8/c1-19-24(37)18-34(41)30(39)28-20(2)25(43-26(38)17-23(35(7,8)9)22-13-11-10-12-14-22)15-16-33(28,6)31(40)29(42-21(3)36)27(19)32(34,4)5/h10-14,23,25,28-31,39-41H,2,15-18H2,1,3-9H3/q+1/t23?,25-,28-,29+,30-,31-,33+,34+/m0/s1. The molecule has 0 radical (unpaired) electrons. The third-order valence-electron chi connectivity index (χ3n) is 10.6. The first kappa shape index (κ1) is 33.1. The van der Waals surface area contributed by atoms with E-state index in [1.165, 1.54) is 6.92 Å². The van der Waals surface area contributed by atoms with E-state index in [1.807, 2.05) is 51.5 Å². The maximum absolute atomic E-state index is 13.4. The summed E-state index contributed by atoms with van der Waals surface area (Å²) in [6.07, 6.45) is -4.55. The van der Waals surface area contributed by atoms with Gasteiger partial charge in [-0.25, -0.2) is 0 Å². The van der Waals surface area contributed by atoms with Crippen LogP contribution in [-0.2, 0) is 23.9 Å². The van der Waals surface area contributed by atoms with Crippen LogP contribution in [0.15, 0.2) is 53.6 Å². The van der Waals surface area contributed by atoms with Gasteiger partial charge in [-0.3, -0.25) is 14.4 Å². The first-order chi connectivity index (χ1) is 19.8. The Bertz CT molecular complexity index is 1330. The fourth-order valence-corrected chi connectivity index (χ4v) is 7.89. The van der Waals surface area contributed by atoms with Crippen molar-refractivity contribution in [2.24, 2.45) is 16.7 Å². The average molecular weight is 599 g/mol. The van der Waals surface area contributed by atoms with Gasteiger partial charge in [0.25, 0.3) is 0 Å².